The Balaban J connectivity index is 1.81. The first-order valence-corrected chi connectivity index (χ1v) is 12.2. The Bertz CT molecular complexity index is 1370. The Labute approximate surface area is 194 Å². The van der Waals surface area contributed by atoms with Crippen molar-refractivity contribution in [2.45, 2.75) is 64.2 Å². The van der Waals surface area contributed by atoms with Crippen molar-refractivity contribution in [2.75, 3.05) is 0 Å². The second-order valence-electron chi connectivity index (χ2n) is 11.5. The summed E-state index contributed by atoms with van der Waals surface area (Å²) in [6, 6.07) is 14.2. The summed E-state index contributed by atoms with van der Waals surface area (Å²) < 4.78 is 14.3. The molecule has 0 radical (unpaired) electrons. The number of rotatable bonds is 2. The largest absolute Gasteiger partial charge is 0.256 e. The maximum absolute atomic E-state index is 14.3. The number of benzene rings is 3. The molecule has 0 amide bonds. The fraction of sp³-hybridized carbons (Fsp3) is 0.345. The number of pyridine rings is 1. The molecule has 0 unspecified atom stereocenters. The first kappa shape index (κ1) is 21.5. The highest BCUT2D eigenvalue weighted by atomic mass is 32.2. The average molecular weight is 444 g/mol. The van der Waals surface area contributed by atoms with Gasteiger partial charge in [-0.1, -0.05) is 65.4 Å². The van der Waals surface area contributed by atoms with Crippen LogP contribution >= 0.6 is 11.8 Å². The van der Waals surface area contributed by atoms with Gasteiger partial charge in [0.15, 0.2) is 0 Å². The van der Waals surface area contributed by atoms with Crippen LogP contribution < -0.4 is 0 Å². The third-order valence-corrected chi connectivity index (χ3v) is 7.17. The van der Waals surface area contributed by atoms with Crippen LogP contribution in [0.2, 0.25) is 0 Å². The maximum Gasteiger partial charge on any atom is 0.123 e. The fourth-order valence-corrected chi connectivity index (χ4v) is 6.18. The van der Waals surface area contributed by atoms with E-state index in [2.05, 4.69) is 65.8 Å². The molecule has 1 nitrogen and oxygen atoms in total. The first-order valence-electron chi connectivity index (χ1n) is 11.3. The minimum absolute atomic E-state index is 0.0860. The average Bonchev–Trinajstić information content (AvgIpc) is 2.67. The van der Waals surface area contributed by atoms with E-state index in [0.717, 1.165) is 29.3 Å². The molecular weight excluding hydrogens is 413 g/mol. The predicted octanol–water partition coefficient (Wildman–Crippen LogP) is 8.84. The molecule has 3 heteroatoms. The van der Waals surface area contributed by atoms with Crippen molar-refractivity contribution in [3.8, 4) is 11.3 Å². The van der Waals surface area contributed by atoms with Gasteiger partial charge >= 0.3 is 0 Å². The van der Waals surface area contributed by atoms with Crippen molar-refractivity contribution in [3.63, 3.8) is 0 Å². The zero-order chi connectivity index (χ0) is 22.8. The minimum Gasteiger partial charge on any atom is -0.256 e. The van der Waals surface area contributed by atoms with Crippen LogP contribution in [0.5, 0.6) is 0 Å². The molecule has 0 atom stereocenters. The van der Waals surface area contributed by atoms with Crippen LogP contribution in [0, 0.1) is 16.6 Å². The highest BCUT2D eigenvalue weighted by molar-refractivity contribution is 7.99. The molecule has 1 aliphatic rings. The Kier molecular flexibility index (Phi) is 4.90. The van der Waals surface area contributed by atoms with E-state index in [9.17, 15) is 4.39 Å². The number of hydrogen-bond donors (Lipinski definition) is 0. The molecule has 0 aliphatic carbocycles. The zero-order valence-corrected chi connectivity index (χ0v) is 20.6. The molecule has 1 aliphatic heterocycles. The summed E-state index contributed by atoms with van der Waals surface area (Å²) in [5, 5.41) is 4.59. The molecule has 3 aromatic carbocycles. The molecule has 0 saturated heterocycles. The van der Waals surface area contributed by atoms with Gasteiger partial charge in [-0.15, -0.1) is 0 Å². The minimum atomic E-state index is -0.179. The molecule has 2 heterocycles. The van der Waals surface area contributed by atoms with Gasteiger partial charge in [-0.3, -0.25) is 4.98 Å². The summed E-state index contributed by atoms with van der Waals surface area (Å²) in [6.45, 7) is 13.6. The van der Waals surface area contributed by atoms with Crippen molar-refractivity contribution in [3.05, 3.63) is 65.6 Å². The molecule has 4 aromatic rings. The molecule has 0 bridgehead atoms. The van der Waals surface area contributed by atoms with Gasteiger partial charge in [-0.2, -0.15) is 0 Å². The maximum atomic E-state index is 14.3. The van der Waals surface area contributed by atoms with Gasteiger partial charge in [0.2, 0.25) is 0 Å². The smallest absolute Gasteiger partial charge is 0.123 e. The van der Waals surface area contributed by atoms with Gasteiger partial charge in [0.05, 0.1) is 5.69 Å². The SMILES string of the molecule is CC(C)(C)Cc1cc2c3c(nccc3c1)-c1cc3ccc(F)cc3c(CC(C)(C)C)c1S2. The lowest BCUT2D eigenvalue weighted by molar-refractivity contribution is 0.409. The normalized spacial score (nSPS) is 13.6. The summed E-state index contributed by atoms with van der Waals surface area (Å²) in [5.74, 6) is -0.179. The number of aromatic nitrogens is 1. The van der Waals surface area contributed by atoms with Crippen LogP contribution in [0.15, 0.2) is 58.5 Å². The standard InChI is InChI=1S/C29H30FNS/c1-28(2,3)15-17-11-19-9-10-31-26-22-13-18-7-8-20(30)14-21(18)23(16-29(4,5)6)27(22)32-24(12-17)25(19)26/h7-14H,15-16H2,1-6H3. The highest BCUT2D eigenvalue weighted by Crippen LogP contribution is 2.51. The van der Waals surface area contributed by atoms with Crippen molar-refractivity contribution in [1.29, 1.82) is 0 Å². The third kappa shape index (κ3) is 3.92. The topological polar surface area (TPSA) is 12.9 Å². The summed E-state index contributed by atoms with van der Waals surface area (Å²) in [7, 11) is 0. The second kappa shape index (κ2) is 7.31. The predicted molar refractivity (Wildman–Crippen MR) is 135 cm³/mol. The Morgan fingerprint density at radius 2 is 1.59 bits per heavy atom. The summed E-state index contributed by atoms with van der Waals surface area (Å²) in [5.41, 5.74) is 5.13. The highest BCUT2D eigenvalue weighted by Gasteiger charge is 2.27. The fourth-order valence-electron chi connectivity index (χ4n) is 4.87. The van der Waals surface area contributed by atoms with E-state index < -0.39 is 0 Å². The van der Waals surface area contributed by atoms with Gasteiger partial charge in [-0.25, -0.2) is 4.39 Å². The Morgan fingerprint density at radius 1 is 0.844 bits per heavy atom. The van der Waals surface area contributed by atoms with Gasteiger partial charge in [0.25, 0.3) is 0 Å². The molecular formula is C29H30FNS. The summed E-state index contributed by atoms with van der Waals surface area (Å²) >= 11 is 1.84. The van der Waals surface area contributed by atoms with Crippen LogP contribution in [0.1, 0.15) is 52.7 Å². The second-order valence-corrected chi connectivity index (χ2v) is 12.6. The van der Waals surface area contributed by atoms with E-state index in [1.54, 1.807) is 12.1 Å². The third-order valence-electron chi connectivity index (χ3n) is 5.95. The van der Waals surface area contributed by atoms with E-state index in [1.165, 1.54) is 37.3 Å². The number of fused-ring (bicyclic) bond motifs is 3. The van der Waals surface area contributed by atoms with E-state index in [-0.39, 0.29) is 16.6 Å². The quantitative estimate of drug-likeness (QED) is 0.270. The lowest BCUT2D eigenvalue weighted by Crippen LogP contribution is -2.12. The molecule has 0 N–H and O–H groups in total. The van der Waals surface area contributed by atoms with Crippen LogP contribution in [0.25, 0.3) is 32.8 Å². The van der Waals surface area contributed by atoms with Gasteiger partial charge in [0, 0.05) is 26.9 Å². The molecule has 0 saturated carbocycles. The zero-order valence-electron chi connectivity index (χ0n) is 19.8. The van der Waals surface area contributed by atoms with E-state index in [4.69, 9.17) is 4.98 Å². The Hall–Kier alpha value is -2.39. The molecule has 1 aromatic heterocycles. The summed E-state index contributed by atoms with van der Waals surface area (Å²) in [6.07, 6.45) is 3.84. The van der Waals surface area contributed by atoms with Gasteiger partial charge in [-0.05, 0) is 81.3 Å². The van der Waals surface area contributed by atoms with Crippen molar-refractivity contribution in [2.24, 2.45) is 10.8 Å². The Morgan fingerprint density at radius 3 is 2.31 bits per heavy atom. The van der Waals surface area contributed by atoms with Gasteiger partial charge in [0.1, 0.15) is 5.82 Å². The first-order chi connectivity index (χ1) is 15.0. The van der Waals surface area contributed by atoms with Crippen molar-refractivity contribution < 1.29 is 4.39 Å². The molecule has 0 spiro atoms. The summed E-state index contributed by atoms with van der Waals surface area (Å²) in [4.78, 5) is 7.36. The van der Waals surface area contributed by atoms with Crippen LogP contribution in [0.4, 0.5) is 4.39 Å². The number of nitrogens with zero attached hydrogens (tertiary/aromatic N) is 1. The van der Waals surface area contributed by atoms with E-state index in [0.29, 0.717) is 0 Å². The van der Waals surface area contributed by atoms with Gasteiger partial charge < -0.3 is 0 Å². The lowest BCUT2D eigenvalue weighted by Gasteiger charge is -2.28. The lowest BCUT2D eigenvalue weighted by atomic mass is 9.84. The molecule has 5 rings (SSSR count). The molecule has 0 fully saturated rings. The number of hydrogen-bond acceptors (Lipinski definition) is 2. The van der Waals surface area contributed by atoms with E-state index in [1.807, 2.05) is 24.0 Å². The number of halogens is 1. The molecule has 32 heavy (non-hydrogen) atoms. The van der Waals surface area contributed by atoms with Crippen LogP contribution in [-0.4, -0.2) is 4.98 Å². The molecule has 164 valence electrons. The van der Waals surface area contributed by atoms with Crippen molar-refractivity contribution >= 4 is 33.3 Å². The van der Waals surface area contributed by atoms with Crippen LogP contribution in [-0.2, 0) is 12.8 Å². The van der Waals surface area contributed by atoms with E-state index >= 15 is 0 Å². The van der Waals surface area contributed by atoms with Crippen molar-refractivity contribution in [1.82, 2.24) is 4.98 Å². The van der Waals surface area contributed by atoms with Crippen LogP contribution in [0.3, 0.4) is 0 Å². The monoisotopic (exact) mass is 443 g/mol.